The Morgan fingerprint density at radius 3 is 2.39 bits per heavy atom. The van der Waals surface area contributed by atoms with Crippen LogP contribution in [0.25, 0.3) is 0 Å². The molecule has 0 saturated heterocycles. The molecule has 0 unspecified atom stereocenters. The summed E-state index contributed by atoms with van der Waals surface area (Å²) in [5, 5.41) is 6.81. The second-order valence-corrected chi connectivity index (χ2v) is 13.8. The van der Waals surface area contributed by atoms with Gasteiger partial charge in [0.1, 0.15) is 0 Å². The van der Waals surface area contributed by atoms with Crippen LogP contribution >= 0.6 is 0 Å². The molecule has 3 aromatic carbocycles. The molecule has 0 aromatic heterocycles. The molecule has 236 valence electrons. The largest absolute Gasteiger partial charge is 0.416 e. The summed E-state index contributed by atoms with van der Waals surface area (Å²) in [5.41, 5.74) is 3.04. The highest BCUT2D eigenvalue weighted by molar-refractivity contribution is 7.89. The average molecular weight is 628 g/mol. The van der Waals surface area contributed by atoms with Crippen LogP contribution in [0, 0.1) is 0 Å². The van der Waals surface area contributed by atoms with E-state index in [1.54, 1.807) is 30.3 Å². The normalized spacial score (nSPS) is 18.9. The van der Waals surface area contributed by atoms with Gasteiger partial charge in [-0.1, -0.05) is 74.4 Å². The van der Waals surface area contributed by atoms with Crippen LogP contribution in [0.3, 0.4) is 0 Å². The Kier molecular flexibility index (Phi) is 10.1. The molecule has 0 bridgehead atoms. The van der Waals surface area contributed by atoms with Crippen LogP contribution in [0.15, 0.2) is 77.7 Å². The first-order chi connectivity index (χ1) is 21.0. The Morgan fingerprint density at radius 1 is 0.909 bits per heavy atom. The van der Waals surface area contributed by atoms with Crippen molar-refractivity contribution in [1.82, 2.24) is 15.4 Å². The third-order valence-electron chi connectivity index (χ3n) is 8.81. The summed E-state index contributed by atoms with van der Waals surface area (Å²) in [6.07, 6.45) is 2.80. The SMILES string of the molecule is C[C@H](CNC1CCCC1)c1ccc2c(c1)CCC[C@H]2NC(=O)C[C@@H](NS(=O)(=O)c1cccc(C(F)(F)F)c1)c1ccccc1. The summed E-state index contributed by atoms with van der Waals surface area (Å²) in [6, 6.07) is 18.1. The lowest BCUT2D eigenvalue weighted by Crippen LogP contribution is -2.36. The van der Waals surface area contributed by atoms with Gasteiger partial charge in [0.2, 0.25) is 15.9 Å². The second-order valence-electron chi connectivity index (χ2n) is 12.1. The molecule has 5 rings (SSSR count). The highest BCUT2D eigenvalue weighted by atomic mass is 32.2. The smallest absolute Gasteiger partial charge is 0.349 e. The van der Waals surface area contributed by atoms with Gasteiger partial charge in [0.15, 0.2) is 0 Å². The topological polar surface area (TPSA) is 87.3 Å². The van der Waals surface area contributed by atoms with Crippen molar-refractivity contribution in [2.75, 3.05) is 6.54 Å². The van der Waals surface area contributed by atoms with Crippen LogP contribution in [-0.2, 0) is 27.4 Å². The molecule has 2 aliphatic rings. The van der Waals surface area contributed by atoms with Gasteiger partial charge >= 0.3 is 6.18 Å². The molecule has 44 heavy (non-hydrogen) atoms. The van der Waals surface area contributed by atoms with Crippen LogP contribution in [0.1, 0.15) is 97.7 Å². The maximum Gasteiger partial charge on any atom is 0.416 e. The first-order valence-corrected chi connectivity index (χ1v) is 16.9. The zero-order valence-electron chi connectivity index (χ0n) is 24.9. The number of hydrogen-bond donors (Lipinski definition) is 3. The fraction of sp³-hybridized carbons (Fsp3) is 0.441. The second kappa shape index (κ2) is 13.8. The van der Waals surface area contributed by atoms with Crippen LogP contribution in [0.4, 0.5) is 13.2 Å². The van der Waals surface area contributed by atoms with Crippen LogP contribution in [-0.4, -0.2) is 26.9 Å². The van der Waals surface area contributed by atoms with E-state index >= 15 is 0 Å². The van der Waals surface area contributed by atoms with Crippen LogP contribution in [0.2, 0.25) is 0 Å². The molecule has 0 aliphatic heterocycles. The molecule has 1 saturated carbocycles. The number of hydrogen-bond acceptors (Lipinski definition) is 4. The molecule has 2 aliphatic carbocycles. The van der Waals surface area contributed by atoms with Crippen LogP contribution in [0.5, 0.6) is 0 Å². The molecule has 0 radical (unpaired) electrons. The van der Waals surface area contributed by atoms with E-state index < -0.39 is 32.7 Å². The van der Waals surface area contributed by atoms with Crippen molar-refractivity contribution in [2.24, 2.45) is 0 Å². The molecular formula is C34H40F3N3O3S. The molecule has 1 amide bonds. The number of fused-ring (bicyclic) bond motifs is 1. The zero-order valence-corrected chi connectivity index (χ0v) is 25.7. The Bertz CT molecular complexity index is 1540. The van der Waals surface area contributed by atoms with Crippen molar-refractivity contribution >= 4 is 15.9 Å². The number of amides is 1. The number of alkyl halides is 3. The number of sulfonamides is 1. The van der Waals surface area contributed by atoms with Gasteiger partial charge in [-0.3, -0.25) is 4.79 Å². The molecule has 3 N–H and O–H groups in total. The minimum Gasteiger partial charge on any atom is -0.349 e. The summed E-state index contributed by atoms with van der Waals surface area (Å²) < 4.78 is 68.7. The number of halogens is 3. The molecular weight excluding hydrogens is 587 g/mol. The van der Waals surface area contributed by atoms with E-state index in [1.807, 2.05) is 0 Å². The highest BCUT2D eigenvalue weighted by Crippen LogP contribution is 2.34. The van der Waals surface area contributed by atoms with Gasteiger partial charge in [0, 0.05) is 19.0 Å². The quantitative estimate of drug-likeness (QED) is 0.215. The fourth-order valence-electron chi connectivity index (χ4n) is 6.33. The number of rotatable bonds is 11. The monoisotopic (exact) mass is 627 g/mol. The lowest BCUT2D eigenvalue weighted by Gasteiger charge is -2.29. The van der Waals surface area contributed by atoms with Crippen molar-refractivity contribution in [3.05, 3.63) is 101 Å². The van der Waals surface area contributed by atoms with E-state index in [0.29, 0.717) is 23.6 Å². The maximum absolute atomic E-state index is 13.4. The Balaban J connectivity index is 1.28. The summed E-state index contributed by atoms with van der Waals surface area (Å²) in [4.78, 5) is 12.9. The Labute approximate surface area is 257 Å². The minimum atomic E-state index is -4.69. The predicted octanol–water partition coefficient (Wildman–Crippen LogP) is 6.94. The average Bonchev–Trinajstić information content (AvgIpc) is 3.53. The molecule has 6 nitrogen and oxygen atoms in total. The Hall–Kier alpha value is -3.21. The molecule has 3 aromatic rings. The predicted molar refractivity (Wildman–Crippen MR) is 165 cm³/mol. The number of carbonyl (C=O) groups excluding carboxylic acids is 1. The summed E-state index contributed by atoms with van der Waals surface area (Å²) in [5.74, 6) is 0.0222. The third-order valence-corrected chi connectivity index (χ3v) is 10.3. The first kappa shape index (κ1) is 32.2. The number of aryl methyl sites for hydroxylation is 1. The first-order valence-electron chi connectivity index (χ1n) is 15.4. The summed E-state index contributed by atoms with van der Waals surface area (Å²) >= 11 is 0. The van der Waals surface area contributed by atoms with Gasteiger partial charge in [-0.05, 0) is 78.5 Å². The molecule has 1 fully saturated rings. The van der Waals surface area contributed by atoms with E-state index in [9.17, 15) is 26.4 Å². The van der Waals surface area contributed by atoms with E-state index in [4.69, 9.17) is 0 Å². The standard InChI is InChI=1S/C34H40F3N3O3S/c1-23(22-38-28-13-5-6-14-28)25-17-18-30-26(19-25)11-7-16-31(30)39-33(41)21-32(24-9-3-2-4-10-24)40-44(42,43)29-15-8-12-27(20-29)34(35,36)37/h2-4,8-10,12,15,17-20,23,28,31-32,38,40H,5-7,11,13-14,16,21-22H2,1H3,(H,39,41)/t23-,31-,32-/m1/s1. The summed E-state index contributed by atoms with van der Waals surface area (Å²) in [6.45, 7) is 3.16. The van der Waals surface area contributed by atoms with Gasteiger partial charge in [0.05, 0.1) is 22.5 Å². The number of nitrogens with one attached hydrogen (secondary N) is 3. The molecule has 3 atom stereocenters. The number of benzene rings is 3. The number of carbonyl (C=O) groups is 1. The van der Waals surface area contributed by atoms with Gasteiger partial charge < -0.3 is 10.6 Å². The van der Waals surface area contributed by atoms with Crippen molar-refractivity contribution < 1.29 is 26.4 Å². The fourth-order valence-corrected chi connectivity index (χ4v) is 7.60. The lowest BCUT2D eigenvalue weighted by molar-refractivity contribution is -0.137. The summed E-state index contributed by atoms with van der Waals surface area (Å²) in [7, 11) is -4.38. The van der Waals surface area contributed by atoms with E-state index in [0.717, 1.165) is 49.6 Å². The van der Waals surface area contributed by atoms with E-state index in [2.05, 4.69) is 40.5 Å². The van der Waals surface area contributed by atoms with Crippen molar-refractivity contribution in [3.63, 3.8) is 0 Å². The van der Waals surface area contributed by atoms with Crippen LogP contribution < -0.4 is 15.4 Å². The van der Waals surface area contributed by atoms with Gasteiger partial charge in [0.25, 0.3) is 0 Å². The highest BCUT2D eigenvalue weighted by Gasteiger charge is 2.33. The molecule has 0 heterocycles. The lowest BCUT2D eigenvalue weighted by atomic mass is 9.84. The van der Waals surface area contributed by atoms with Crippen molar-refractivity contribution in [1.29, 1.82) is 0 Å². The van der Waals surface area contributed by atoms with E-state index in [1.165, 1.54) is 36.8 Å². The Morgan fingerprint density at radius 2 is 1.66 bits per heavy atom. The molecule has 10 heteroatoms. The minimum absolute atomic E-state index is 0.205. The van der Waals surface area contributed by atoms with Gasteiger partial charge in [-0.25, -0.2) is 13.1 Å². The van der Waals surface area contributed by atoms with Crippen molar-refractivity contribution in [3.8, 4) is 0 Å². The molecule has 0 spiro atoms. The van der Waals surface area contributed by atoms with Gasteiger partial charge in [-0.2, -0.15) is 13.2 Å². The van der Waals surface area contributed by atoms with E-state index in [-0.39, 0.29) is 18.4 Å². The van der Waals surface area contributed by atoms with Gasteiger partial charge in [-0.15, -0.1) is 0 Å². The third kappa shape index (κ3) is 8.08. The zero-order chi connectivity index (χ0) is 31.3. The van der Waals surface area contributed by atoms with Crippen molar-refractivity contribution in [2.45, 2.75) is 93.4 Å². The maximum atomic E-state index is 13.4.